The first kappa shape index (κ1) is 11.2. The van der Waals surface area contributed by atoms with Crippen LogP contribution in [0.25, 0.3) is 12.2 Å². The van der Waals surface area contributed by atoms with Crippen LogP contribution in [0.15, 0.2) is 48.5 Å². The summed E-state index contributed by atoms with van der Waals surface area (Å²) in [6.45, 7) is 1.07. The van der Waals surface area contributed by atoms with Gasteiger partial charge in [-0.15, -0.1) is 0 Å². The Balaban J connectivity index is 1.83. The van der Waals surface area contributed by atoms with Crippen molar-refractivity contribution < 1.29 is 9.78 Å². The van der Waals surface area contributed by atoms with Gasteiger partial charge in [0.15, 0.2) is 0 Å². The van der Waals surface area contributed by atoms with Crippen LogP contribution in [-0.2, 0) is 23.0 Å². The smallest absolute Gasteiger partial charge is 0.108 e. The third kappa shape index (κ3) is 2.50. The lowest BCUT2D eigenvalue weighted by atomic mass is 10.0. The molecular formula is C16H14O2. The van der Waals surface area contributed by atoms with Crippen molar-refractivity contribution in [1.82, 2.24) is 0 Å². The maximum Gasteiger partial charge on any atom is 0.108 e. The molecule has 0 N–H and O–H groups in total. The Bertz CT molecular complexity index is 559. The molecule has 0 saturated carbocycles. The van der Waals surface area contributed by atoms with Crippen molar-refractivity contribution in [2.45, 2.75) is 13.2 Å². The quantitative estimate of drug-likeness (QED) is 0.585. The van der Waals surface area contributed by atoms with Gasteiger partial charge >= 0.3 is 0 Å². The van der Waals surface area contributed by atoms with Crippen molar-refractivity contribution in [3.8, 4) is 0 Å². The van der Waals surface area contributed by atoms with Crippen LogP contribution in [0, 0.1) is 0 Å². The lowest BCUT2D eigenvalue weighted by molar-refractivity contribution is -0.322. The van der Waals surface area contributed by atoms with Gasteiger partial charge in [0.2, 0.25) is 0 Å². The molecule has 0 amide bonds. The molecule has 1 aliphatic rings. The predicted molar refractivity (Wildman–Crippen MR) is 71.4 cm³/mol. The van der Waals surface area contributed by atoms with Gasteiger partial charge in [0.1, 0.15) is 13.2 Å². The van der Waals surface area contributed by atoms with E-state index in [4.69, 9.17) is 9.78 Å². The van der Waals surface area contributed by atoms with Crippen molar-refractivity contribution in [2.24, 2.45) is 0 Å². The second kappa shape index (κ2) is 5.17. The molecule has 2 aromatic rings. The minimum atomic E-state index is 0.530. The van der Waals surface area contributed by atoms with Crippen LogP contribution >= 0.6 is 0 Å². The van der Waals surface area contributed by atoms with Crippen molar-refractivity contribution in [2.75, 3.05) is 0 Å². The summed E-state index contributed by atoms with van der Waals surface area (Å²) in [5.74, 6) is 0. The summed E-state index contributed by atoms with van der Waals surface area (Å²) in [5, 5.41) is 0. The maximum atomic E-state index is 4.99. The highest BCUT2D eigenvalue weighted by Crippen LogP contribution is 2.20. The van der Waals surface area contributed by atoms with Gasteiger partial charge in [0.05, 0.1) is 0 Å². The largest absolute Gasteiger partial charge is 0.232 e. The summed E-state index contributed by atoms with van der Waals surface area (Å²) in [6, 6.07) is 16.6. The number of fused-ring (bicyclic) bond motifs is 1. The van der Waals surface area contributed by atoms with Gasteiger partial charge in [0.25, 0.3) is 0 Å². The minimum Gasteiger partial charge on any atom is -0.232 e. The van der Waals surface area contributed by atoms with Gasteiger partial charge < -0.3 is 0 Å². The topological polar surface area (TPSA) is 18.5 Å². The molecule has 2 aromatic carbocycles. The second-order valence-electron chi connectivity index (χ2n) is 4.30. The van der Waals surface area contributed by atoms with Crippen molar-refractivity contribution >= 4 is 12.2 Å². The average Bonchev–Trinajstić information content (AvgIpc) is 2.46. The molecule has 0 fully saturated rings. The van der Waals surface area contributed by atoms with E-state index in [1.54, 1.807) is 0 Å². The third-order valence-electron chi connectivity index (χ3n) is 3.01. The molecule has 90 valence electrons. The first-order chi connectivity index (χ1) is 8.92. The SMILES string of the molecule is C(=C\c1ccc2c(c1)COOC2)/c1ccccc1. The third-order valence-corrected chi connectivity index (χ3v) is 3.01. The summed E-state index contributed by atoms with van der Waals surface area (Å²) in [4.78, 5) is 9.94. The van der Waals surface area contributed by atoms with E-state index in [1.165, 1.54) is 22.3 Å². The van der Waals surface area contributed by atoms with Crippen LogP contribution in [0.2, 0.25) is 0 Å². The van der Waals surface area contributed by atoms with Crippen molar-refractivity contribution in [1.29, 1.82) is 0 Å². The van der Waals surface area contributed by atoms with E-state index >= 15 is 0 Å². The summed E-state index contributed by atoms with van der Waals surface area (Å²) in [6.07, 6.45) is 4.23. The Kier molecular flexibility index (Phi) is 3.22. The van der Waals surface area contributed by atoms with Crippen LogP contribution in [0.3, 0.4) is 0 Å². The summed E-state index contributed by atoms with van der Waals surface area (Å²) in [5.41, 5.74) is 4.80. The summed E-state index contributed by atoms with van der Waals surface area (Å²) >= 11 is 0. The number of hydrogen-bond acceptors (Lipinski definition) is 2. The predicted octanol–water partition coefficient (Wildman–Crippen LogP) is 3.82. The Morgan fingerprint density at radius 2 is 1.44 bits per heavy atom. The van der Waals surface area contributed by atoms with Crippen LogP contribution in [0.4, 0.5) is 0 Å². The van der Waals surface area contributed by atoms with Gasteiger partial charge in [-0.25, -0.2) is 9.78 Å². The van der Waals surface area contributed by atoms with E-state index in [0.29, 0.717) is 13.2 Å². The second-order valence-corrected chi connectivity index (χ2v) is 4.30. The van der Waals surface area contributed by atoms with E-state index < -0.39 is 0 Å². The Hall–Kier alpha value is -1.90. The zero-order valence-corrected chi connectivity index (χ0v) is 10.0. The minimum absolute atomic E-state index is 0.530. The standard InChI is InChI=1S/C16H14O2/c1-2-4-13(5-3-1)6-7-14-8-9-15-11-17-18-12-16(15)10-14/h1-10H,11-12H2/b7-6+. The Morgan fingerprint density at radius 1 is 0.722 bits per heavy atom. The molecule has 0 atom stereocenters. The van der Waals surface area contributed by atoms with E-state index in [1.807, 2.05) is 18.2 Å². The molecule has 2 nitrogen and oxygen atoms in total. The van der Waals surface area contributed by atoms with Crippen LogP contribution in [-0.4, -0.2) is 0 Å². The molecule has 1 aliphatic heterocycles. The lowest BCUT2D eigenvalue weighted by Gasteiger charge is -2.15. The Labute approximate surface area is 106 Å². The van der Waals surface area contributed by atoms with Crippen LogP contribution in [0.5, 0.6) is 0 Å². The van der Waals surface area contributed by atoms with E-state index in [9.17, 15) is 0 Å². The highest BCUT2D eigenvalue weighted by molar-refractivity contribution is 5.70. The van der Waals surface area contributed by atoms with Gasteiger partial charge in [-0.05, 0) is 28.3 Å². The van der Waals surface area contributed by atoms with E-state index in [2.05, 4.69) is 42.5 Å². The Morgan fingerprint density at radius 3 is 2.28 bits per heavy atom. The maximum absolute atomic E-state index is 4.99. The molecule has 1 heterocycles. The van der Waals surface area contributed by atoms with Gasteiger partial charge in [0, 0.05) is 0 Å². The monoisotopic (exact) mass is 238 g/mol. The molecule has 0 spiro atoms. The molecule has 0 aliphatic carbocycles. The fraction of sp³-hybridized carbons (Fsp3) is 0.125. The summed E-state index contributed by atoms with van der Waals surface area (Å²) in [7, 11) is 0. The molecule has 0 unspecified atom stereocenters. The highest BCUT2D eigenvalue weighted by atomic mass is 17.2. The van der Waals surface area contributed by atoms with Crippen molar-refractivity contribution in [3.05, 3.63) is 70.8 Å². The van der Waals surface area contributed by atoms with Crippen LogP contribution < -0.4 is 0 Å². The number of hydrogen-bond donors (Lipinski definition) is 0. The molecule has 3 rings (SSSR count). The molecular weight excluding hydrogens is 224 g/mol. The molecule has 0 aromatic heterocycles. The van der Waals surface area contributed by atoms with Crippen molar-refractivity contribution in [3.63, 3.8) is 0 Å². The van der Waals surface area contributed by atoms with E-state index in [0.717, 1.165) is 0 Å². The molecule has 18 heavy (non-hydrogen) atoms. The normalized spacial score (nSPS) is 14.7. The average molecular weight is 238 g/mol. The van der Waals surface area contributed by atoms with Gasteiger partial charge in [-0.1, -0.05) is 54.6 Å². The zero-order valence-electron chi connectivity index (χ0n) is 10.0. The van der Waals surface area contributed by atoms with Gasteiger partial charge in [-0.3, -0.25) is 0 Å². The fourth-order valence-electron chi connectivity index (χ4n) is 1.99. The van der Waals surface area contributed by atoms with Gasteiger partial charge in [-0.2, -0.15) is 0 Å². The molecule has 0 bridgehead atoms. The number of rotatable bonds is 2. The fourth-order valence-corrected chi connectivity index (χ4v) is 1.99. The first-order valence-corrected chi connectivity index (χ1v) is 6.01. The zero-order chi connectivity index (χ0) is 12.2. The molecule has 0 saturated heterocycles. The highest BCUT2D eigenvalue weighted by Gasteiger charge is 2.09. The van der Waals surface area contributed by atoms with Crippen LogP contribution in [0.1, 0.15) is 22.3 Å². The lowest BCUT2D eigenvalue weighted by Crippen LogP contribution is -2.07. The first-order valence-electron chi connectivity index (χ1n) is 6.01. The molecule has 0 radical (unpaired) electrons. The molecule has 2 heteroatoms. The number of benzene rings is 2. The van der Waals surface area contributed by atoms with E-state index in [-0.39, 0.29) is 0 Å². The summed E-state index contributed by atoms with van der Waals surface area (Å²) < 4.78 is 0.